The minimum absolute atomic E-state index is 0.0154. The SMILES string of the molecule is O=C(c1ccccc1Cn1ccnc1)N1CCC[C@]2(CC1)CN(c1ccc(Cl)cc1)C(=O)O2. The fourth-order valence-corrected chi connectivity index (χ4v) is 4.81. The number of halogens is 1. The Balaban J connectivity index is 1.30. The predicted molar refractivity (Wildman–Crippen MR) is 126 cm³/mol. The van der Waals surface area contributed by atoms with Gasteiger partial charge >= 0.3 is 6.09 Å². The third-order valence-corrected chi connectivity index (χ3v) is 6.71. The van der Waals surface area contributed by atoms with E-state index in [1.165, 1.54) is 0 Å². The van der Waals surface area contributed by atoms with E-state index in [0.29, 0.717) is 43.2 Å². The van der Waals surface area contributed by atoms with E-state index >= 15 is 0 Å². The predicted octanol–water partition coefficient (Wildman–Crippen LogP) is 4.61. The van der Waals surface area contributed by atoms with Gasteiger partial charge in [-0.3, -0.25) is 9.69 Å². The Morgan fingerprint density at radius 2 is 1.91 bits per heavy atom. The summed E-state index contributed by atoms with van der Waals surface area (Å²) in [5, 5.41) is 0.623. The van der Waals surface area contributed by atoms with Crippen molar-refractivity contribution in [3.05, 3.63) is 83.4 Å². The number of rotatable bonds is 4. The zero-order valence-electron chi connectivity index (χ0n) is 18.2. The average molecular weight is 465 g/mol. The molecule has 2 saturated heterocycles. The topological polar surface area (TPSA) is 67.7 Å². The molecule has 2 aliphatic rings. The number of imidazole rings is 1. The minimum Gasteiger partial charge on any atom is -0.441 e. The third kappa shape index (κ3) is 4.46. The largest absolute Gasteiger partial charge is 0.441 e. The number of nitrogens with zero attached hydrogens (tertiary/aromatic N) is 4. The molecule has 0 radical (unpaired) electrons. The van der Waals surface area contributed by atoms with Gasteiger partial charge in [-0.1, -0.05) is 29.8 Å². The van der Waals surface area contributed by atoms with Crippen LogP contribution in [0.3, 0.4) is 0 Å². The summed E-state index contributed by atoms with van der Waals surface area (Å²) in [5.41, 5.74) is 1.85. The Bertz CT molecular complexity index is 1150. The van der Waals surface area contributed by atoms with E-state index in [9.17, 15) is 9.59 Å². The molecular formula is C25H25ClN4O3. The Hall–Kier alpha value is -3.32. The van der Waals surface area contributed by atoms with Crippen LogP contribution in [0.1, 0.15) is 35.2 Å². The highest BCUT2D eigenvalue weighted by Crippen LogP contribution is 2.36. The van der Waals surface area contributed by atoms with E-state index in [0.717, 1.165) is 24.1 Å². The van der Waals surface area contributed by atoms with Crippen molar-refractivity contribution in [3.8, 4) is 0 Å². The monoisotopic (exact) mass is 464 g/mol. The number of likely N-dealkylation sites (tertiary alicyclic amines) is 1. The molecule has 0 unspecified atom stereocenters. The van der Waals surface area contributed by atoms with E-state index in [4.69, 9.17) is 16.3 Å². The molecule has 170 valence electrons. The number of carbonyl (C=O) groups excluding carboxylic acids is 2. The number of anilines is 1. The van der Waals surface area contributed by atoms with Crippen molar-refractivity contribution < 1.29 is 14.3 Å². The van der Waals surface area contributed by atoms with Gasteiger partial charge in [0.1, 0.15) is 5.60 Å². The highest BCUT2D eigenvalue weighted by molar-refractivity contribution is 6.30. The van der Waals surface area contributed by atoms with E-state index in [1.54, 1.807) is 29.6 Å². The zero-order chi connectivity index (χ0) is 22.8. The highest BCUT2D eigenvalue weighted by atomic mass is 35.5. The van der Waals surface area contributed by atoms with Gasteiger partial charge in [0, 0.05) is 54.7 Å². The molecule has 33 heavy (non-hydrogen) atoms. The van der Waals surface area contributed by atoms with Crippen LogP contribution < -0.4 is 4.90 Å². The molecule has 2 amide bonds. The van der Waals surface area contributed by atoms with Crippen LogP contribution >= 0.6 is 11.6 Å². The van der Waals surface area contributed by atoms with Gasteiger partial charge in [-0.2, -0.15) is 0 Å². The first kappa shape index (κ1) is 21.5. The number of hydrogen-bond acceptors (Lipinski definition) is 4. The van der Waals surface area contributed by atoms with Gasteiger partial charge < -0.3 is 14.2 Å². The Kier molecular flexibility index (Phi) is 5.81. The van der Waals surface area contributed by atoms with Crippen LogP contribution in [0.15, 0.2) is 67.3 Å². The fraction of sp³-hybridized carbons (Fsp3) is 0.320. The van der Waals surface area contributed by atoms with E-state index < -0.39 is 5.60 Å². The van der Waals surface area contributed by atoms with Gasteiger partial charge in [0.25, 0.3) is 5.91 Å². The van der Waals surface area contributed by atoms with Crippen LogP contribution in [0.4, 0.5) is 10.5 Å². The van der Waals surface area contributed by atoms with Crippen LogP contribution in [0.25, 0.3) is 0 Å². The lowest BCUT2D eigenvalue weighted by molar-refractivity contribution is 0.0438. The molecule has 2 aliphatic heterocycles. The Morgan fingerprint density at radius 1 is 1.09 bits per heavy atom. The maximum atomic E-state index is 13.5. The Morgan fingerprint density at radius 3 is 2.70 bits per heavy atom. The molecule has 0 bridgehead atoms. The maximum absolute atomic E-state index is 13.5. The number of hydrogen-bond donors (Lipinski definition) is 0. The quantitative estimate of drug-likeness (QED) is 0.565. The van der Waals surface area contributed by atoms with Crippen molar-refractivity contribution in [2.24, 2.45) is 0 Å². The molecule has 1 atom stereocenters. The van der Waals surface area contributed by atoms with Crippen molar-refractivity contribution in [1.29, 1.82) is 0 Å². The first-order valence-electron chi connectivity index (χ1n) is 11.1. The summed E-state index contributed by atoms with van der Waals surface area (Å²) >= 11 is 5.99. The zero-order valence-corrected chi connectivity index (χ0v) is 18.9. The van der Waals surface area contributed by atoms with E-state index in [1.807, 2.05) is 52.1 Å². The normalized spacial score (nSPS) is 20.7. The van der Waals surface area contributed by atoms with Gasteiger partial charge in [-0.05, 0) is 48.7 Å². The van der Waals surface area contributed by atoms with Gasteiger partial charge in [0.2, 0.25) is 0 Å². The summed E-state index contributed by atoms with van der Waals surface area (Å²) in [4.78, 5) is 33.8. The number of amides is 2. The summed E-state index contributed by atoms with van der Waals surface area (Å²) in [6.45, 7) is 2.25. The van der Waals surface area contributed by atoms with Crippen LogP contribution in [0.5, 0.6) is 0 Å². The van der Waals surface area contributed by atoms with Crippen LogP contribution in [0, 0.1) is 0 Å². The number of aromatic nitrogens is 2. The highest BCUT2D eigenvalue weighted by Gasteiger charge is 2.46. The van der Waals surface area contributed by atoms with E-state index in [2.05, 4.69) is 4.98 Å². The van der Waals surface area contributed by atoms with Crippen molar-refractivity contribution in [1.82, 2.24) is 14.5 Å². The molecule has 3 heterocycles. The van der Waals surface area contributed by atoms with Crippen molar-refractivity contribution >= 4 is 29.3 Å². The average Bonchev–Trinajstić information content (AvgIpc) is 3.38. The minimum atomic E-state index is -0.581. The first-order valence-corrected chi connectivity index (χ1v) is 11.5. The van der Waals surface area contributed by atoms with Crippen molar-refractivity contribution in [2.75, 3.05) is 24.5 Å². The van der Waals surface area contributed by atoms with Gasteiger partial charge in [-0.25, -0.2) is 9.78 Å². The molecule has 1 spiro atoms. The van der Waals surface area contributed by atoms with Gasteiger partial charge in [0.05, 0.1) is 12.9 Å². The molecule has 1 aromatic heterocycles. The molecule has 3 aromatic rings. The molecular weight excluding hydrogens is 440 g/mol. The van der Waals surface area contributed by atoms with Gasteiger partial charge in [0.15, 0.2) is 0 Å². The lowest BCUT2D eigenvalue weighted by atomic mass is 9.95. The summed E-state index contributed by atoms with van der Waals surface area (Å²) in [6.07, 6.45) is 7.13. The fourth-order valence-electron chi connectivity index (χ4n) is 4.69. The molecule has 5 rings (SSSR count). The maximum Gasteiger partial charge on any atom is 0.415 e. The molecule has 2 aromatic carbocycles. The second kappa shape index (κ2) is 8.90. The van der Waals surface area contributed by atoms with Crippen LogP contribution in [0.2, 0.25) is 5.02 Å². The second-order valence-electron chi connectivity index (χ2n) is 8.65. The molecule has 7 nitrogen and oxygen atoms in total. The smallest absolute Gasteiger partial charge is 0.415 e. The van der Waals surface area contributed by atoms with Crippen LogP contribution in [-0.2, 0) is 11.3 Å². The van der Waals surface area contributed by atoms with Gasteiger partial charge in [-0.15, -0.1) is 0 Å². The summed E-state index contributed by atoms with van der Waals surface area (Å²) in [5.74, 6) is 0.0154. The molecule has 0 N–H and O–H groups in total. The second-order valence-corrected chi connectivity index (χ2v) is 9.09. The van der Waals surface area contributed by atoms with Crippen LogP contribution in [-0.4, -0.2) is 51.7 Å². The first-order chi connectivity index (χ1) is 16.0. The lowest BCUT2D eigenvalue weighted by Gasteiger charge is -2.26. The number of ether oxygens (including phenoxy) is 1. The number of benzene rings is 2. The molecule has 8 heteroatoms. The third-order valence-electron chi connectivity index (χ3n) is 6.45. The Labute approximate surface area is 197 Å². The van der Waals surface area contributed by atoms with Crippen molar-refractivity contribution in [2.45, 2.75) is 31.4 Å². The summed E-state index contributed by atoms with van der Waals surface area (Å²) < 4.78 is 7.85. The van der Waals surface area contributed by atoms with Crippen molar-refractivity contribution in [3.63, 3.8) is 0 Å². The standard InChI is InChI=1S/C25H25ClN4O3/c26-20-6-8-21(9-7-20)30-17-25(33-24(30)32)10-3-13-29(14-11-25)23(31)22-5-2-1-4-19(22)16-28-15-12-27-18-28/h1-2,4-9,12,15,18H,3,10-11,13-14,16-17H2/t25-/m0/s1. The number of carbonyl (C=O) groups is 2. The summed E-state index contributed by atoms with van der Waals surface area (Å²) in [6, 6.07) is 14.9. The van der Waals surface area contributed by atoms with E-state index in [-0.39, 0.29) is 12.0 Å². The molecule has 0 saturated carbocycles. The lowest BCUT2D eigenvalue weighted by Crippen LogP contribution is -2.37. The molecule has 0 aliphatic carbocycles. The molecule has 2 fully saturated rings. The summed E-state index contributed by atoms with van der Waals surface area (Å²) in [7, 11) is 0.